The van der Waals surface area contributed by atoms with Crippen LogP contribution in [0.1, 0.15) is 34.3 Å². The monoisotopic (exact) mass is 421 g/mol. The van der Waals surface area contributed by atoms with E-state index in [2.05, 4.69) is 33.4 Å². The largest absolute Gasteiger partial charge is 0.326 e. The van der Waals surface area contributed by atoms with Crippen LogP contribution >= 0.6 is 15.9 Å². The Morgan fingerprint density at radius 3 is 2.19 bits per heavy atom. The van der Waals surface area contributed by atoms with E-state index >= 15 is 0 Å². The molecule has 4 heteroatoms. The van der Waals surface area contributed by atoms with Gasteiger partial charge in [-0.3, -0.25) is 9.59 Å². The molecule has 0 bridgehead atoms. The number of Topliss-reactive ketones (excluding diaryl/α,β-unsaturated/α-hetero) is 1. The molecule has 0 unspecified atom stereocenters. The van der Waals surface area contributed by atoms with E-state index in [0.717, 1.165) is 22.1 Å². The van der Waals surface area contributed by atoms with Crippen LogP contribution in [0.25, 0.3) is 0 Å². The summed E-state index contributed by atoms with van der Waals surface area (Å²) < 4.78 is 0.923. The van der Waals surface area contributed by atoms with Crippen molar-refractivity contribution in [3.63, 3.8) is 0 Å². The van der Waals surface area contributed by atoms with Crippen LogP contribution in [-0.2, 0) is 11.2 Å². The van der Waals surface area contributed by atoms with Gasteiger partial charge in [0.15, 0.2) is 5.78 Å². The fourth-order valence-electron chi connectivity index (χ4n) is 2.83. The molecule has 0 atom stereocenters. The Morgan fingerprint density at radius 1 is 0.778 bits per heavy atom. The Hall–Kier alpha value is -2.72. The number of hydrogen-bond acceptors (Lipinski definition) is 2. The zero-order valence-electron chi connectivity index (χ0n) is 14.8. The van der Waals surface area contributed by atoms with Crippen molar-refractivity contribution in [2.24, 2.45) is 0 Å². The lowest BCUT2D eigenvalue weighted by Crippen LogP contribution is -2.14. The highest BCUT2D eigenvalue weighted by Gasteiger charge is 2.11. The molecule has 0 aliphatic heterocycles. The van der Waals surface area contributed by atoms with Gasteiger partial charge in [-0.1, -0.05) is 76.6 Å². The van der Waals surface area contributed by atoms with Gasteiger partial charge in [0.2, 0.25) is 5.91 Å². The van der Waals surface area contributed by atoms with Crippen molar-refractivity contribution in [1.29, 1.82) is 0 Å². The maximum Gasteiger partial charge on any atom is 0.224 e. The van der Waals surface area contributed by atoms with Gasteiger partial charge in [-0.25, -0.2) is 0 Å². The molecule has 0 heterocycles. The number of benzene rings is 3. The Kier molecular flexibility index (Phi) is 6.55. The number of ketones is 1. The summed E-state index contributed by atoms with van der Waals surface area (Å²) in [5.74, 6) is -0.184. The van der Waals surface area contributed by atoms with E-state index in [0.29, 0.717) is 5.56 Å². The topological polar surface area (TPSA) is 46.2 Å². The minimum Gasteiger partial charge on any atom is -0.326 e. The second kappa shape index (κ2) is 9.28. The third-order valence-electron chi connectivity index (χ3n) is 4.27. The number of halogens is 1. The van der Waals surface area contributed by atoms with Gasteiger partial charge in [0.25, 0.3) is 0 Å². The smallest absolute Gasteiger partial charge is 0.224 e. The zero-order valence-corrected chi connectivity index (χ0v) is 16.4. The quantitative estimate of drug-likeness (QED) is 0.501. The minimum absolute atomic E-state index is 0.0322. The number of carbonyl (C=O) groups excluding carboxylic acids is 2. The van der Waals surface area contributed by atoms with Crippen molar-refractivity contribution >= 4 is 33.3 Å². The van der Waals surface area contributed by atoms with Crippen molar-refractivity contribution < 1.29 is 9.59 Å². The number of anilines is 1. The summed E-state index contributed by atoms with van der Waals surface area (Å²) in [6, 6.07) is 25.1. The summed E-state index contributed by atoms with van der Waals surface area (Å²) in [6.07, 6.45) is 1.10. The molecule has 1 amide bonds. The highest BCUT2D eigenvalue weighted by atomic mass is 79.9. The molecule has 0 spiro atoms. The standard InChI is InChI=1S/C23H20BrNO2/c24-20-12-10-18(11-13-20)22(26)14-15-23(27)25-21-9-5-4-8-19(21)16-17-6-2-1-3-7-17/h1-13H,14-16H2,(H,25,27). The fraction of sp³-hybridized carbons (Fsp3) is 0.130. The van der Waals surface area contributed by atoms with E-state index in [-0.39, 0.29) is 24.5 Å². The van der Waals surface area contributed by atoms with Crippen LogP contribution in [-0.4, -0.2) is 11.7 Å². The maximum atomic E-state index is 12.3. The normalized spacial score (nSPS) is 10.4. The summed E-state index contributed by atoms with van der Waals surface area (Å²) in [5, 5.41) is 2.95. The summed E-state index contributed by atoms with van der Waals surface area (Å²) in [4.78, 5) is 24.6. The van der Waals surface area contributed by atoms with E-state index in [1.54, 1.807) is 12.1 Å². The van der Waals surface area contributed by atoms with E-state index in [1.807, 2.05) is 54.6 Å². The molecule has 0 aliphatic rings. The van der Waals surface area contributed by atoms with E-state index < -0.39 is 0 Å². The lowest BCUT2D eigenvalue weighted by Gasteiger charge is -2.11. The molecule has 0 aliphatic carbocycles. The lowest BCUT2D eigenvalue weighted by molar-refractivity contribution is -0.116. The molecule has 0 fully saturated rings. The summed E-state index contributed by atoms with van der Waals surface area (Å²) in [6.45, 7) is 0. The number of rotatable bonds is 7. The molecule has 1 N–H and O–H groups in total. The van der Waals surface area contributed by atoms with E-state index in [1.165, 1.54) is 5.56 Å². The van der Waals surface area contributed by atoms with Crippen LogP contribution in [0.3, 0.4) is 0 Å². The van der Waals surface area contributed by atoms with Crippen LogP contribution in [0.4, 0.5) is 5.69 Å². The predicted octanol–water partition coefficient (Wildman–Crippen LogP) is 5.64. The van der Waals surface area contributed by atoms with Crippen LogP contribution in [0.15, 0.2) is 83.3 Å². The van der Waals surface area contributed by atoms with Crippen LogP contribution < -0.4 is 5.32 Å². The average Bonchev–Trinajstić information content (AvgIpc) is 2.69. The molecule has 0 radical (unpaired) electrons. The second-order valence-electron chi connectivity index (χ2n) is 6.30. The first-order valence-corrected chi connectivity index (χ1v) is 9.61. The molecule has 0 saturated carbocycles. The van der Waals surface area contributed by atoms with Crippen molar-refractivity contribution in [1.82, 2.24) is 0 Å². The maximum absolute atomic E-state index is 12.3. The van der Waals surface area contributed by atoms with Crippen LogP contribution in [0, 0.1) is 0 Å². The first-order valence-electron chi connectivity index (χ1n) is 8.82. The third-order valence-corrected chi connectivity index (χ3v) is 4.80. The van der Waals surface area contributed by atoms with Crippen molar-refractivity contribution in [2.75, 3.05) is 5.32 Å². The van der Waals surface area contributed by atoms with Crippen LogP contribution in [0.2, 0.25) is 0 Å². The van der Waals surface area contributed by atoms with Gasteiger partial charge in [0.05, 0.1) is 0 Å². The molecule has 136 valence electrons. The van der Waals surface area contributed by atoms with Gasteiger partial charge in [0.1, 0.15) is 0 Å². The molecule has 0 saturated heterocycles. The highest BCUT2D eigenvalue weighted by Crippen LogP contribution is 2.20. The minimum atomic E-state index is -0.152. The Bertz CT molecular complexity index is 921. The highest BCUT2D eigenvalue weighted by molar-refractivity contribution is 9.10. The first kappa shape index (κ1) is 19.1. The summed E-state index contributed by atoms with van der Waals surface area (Å²) in [5.41, 5.74) is 3.65. The number of nitrogens with one attached hydrogen (secondary N) is 1. The average molecular weight is 422 g/mol. The third kappa shape index (κ3) is 5.63. The van der Waals surface area contributed by atoms with Gasteiger partial charge in [-0.2, -0.15) is 0 Å². The zero-order chi connectivity index (χ0) is 19.1. The molecule has 3 nitrogen and oxygen atoms in total. The van der Waals surface area contributed by atoms with Gasteiger partial charge in [-0.15, -0.1) is 0 Å². The predicted molar refractivity (Wildman–Crippen MR) is 112 cm³/mol. The van der Waals surface area contributed by atoms with Gasteiger partial charge >= 0.3 is 0 Å². The Labute approximate surface area is 167 Å². The van der Waals surface area contributed by atoms with Crippen LogP contribution in [0.5, 0.6) is 0 Å². The van der Waals surface area contributed by atoms with Crippen molar-refractivity contribution in [3.05, 3.63) is 100 Å². The Morgan fingerprint density at radius 2 is 1.44 bits per heavy atom. The second-order valence-corrected chi connectivity index (χ2v) is 7.21. The summed E-state index contributed by atoms with van der Waals surface area (Å²) in [7, 11) is 0. The molecular weight excluding hydrogens is 402 g/mol. The van der Waals surface area contributed by atoms with Gasteiger partial charge in [-0.05, 0) is 35.7 Å². The molecule has 3 aromatic rings. The number of amides is 1. The number of carbonyl (C=O) groups is 2. The number of hydrogen-bond donors (Lipinski definition) is 1. The summed E-state index contributed by atoms with van der Waals surface area (Å²) >= 11 is 3.35. The molecule has 3 rings (SSSR count). The first-order chi connectivity index (χ1) is 13.1. The molecule has 0 aromatic heterocycles. The van der Waals surface area contributed by atoms with Gasteiger partial charge < -0.3 is 5.32 Å². The molecule has 27 heavy (non-hydrogen) atoms. The molecule has 3 aromatic carbocycles. The fourth-order valence-corrected chi connectivity index (χ4v) is 3.10. The van der Waals surface area contributed by atoms with E-state index in [9.17, 15) is 9.59 Å². The van der Waals surface area contributed by atoms with Gasteiger partial charge in [0, 0.05) is 28.6 Å². The van der Waals surface area contributed by atoms with E-state index in [4.69, 9.17) is 0 Å². The SMILES string of the molecule is O=C(CCC(=O)c1ccc(Br)cc1)Nc1ccccc1Cc1ccccc1. The molecular formula is C23H20BrNO2. The lowest BCUT2D eigenvalue weighted by atomic mass is 10.0. The van der Waals surface area contributed by atoms with Crippen molar-refractivity contribution in [3.8, 4) is 0 Å². The van der Waals surface area contributed by atoms with Crippen molar-refractivity contribution in [2.45, 2.75) is 19.3 Å². The Balaban J connectivity index is 1.59. The number of para-hydroxylation sites is 1.